The summed E-state index contributed by atoms with van der Waals surface area (Å²) in [6, 6.07) is 11.7. The fourth-order valence-corrected chi connectivity index (χ4v) is 2.17. The van der Waals surface area contributed by atoms with Crippen LogP contribution in [0.2, 0.25) is 0 Å². The Bertz CT molecular complexity index is 839. The molecule has 0 aliphatic heterocycles. The number of nitrogens with one attached hydrogen (secondary N) is 2. The quantitative estimate of drug-likeness (QED) is 0.764. The van der Waals surface area contributed by atoms with Crippen LogP contribution in [0.3, 0.4) is 0 Å². The Labute approximate surface area is 156 Å². The second kappa shape index (κ2) is 8.93. The molecule has 2 aromatic rings. The van der Waals surface area contributed by atoms with Crippen LogP contribution in [0.4, 0.5) is 10.1 Å². The van der Waals surface area contributed by atoms with Crippen molar-refractivity contribution in [3.8, 4) is 0 Å². The maximum absolute atomic E-state index is 13.5. The van der Waals surface area contributed by atoms with E-state index in [1.54, 1.807) is 43.3 Å². The van der Waals surface area contributed by atoms with E-state index in [0.29, 0.717) is 11.1 Å². The number of anilines is 1. The molecular formula is C20H21FN2O4. The SMILES string of the molecule is Cc1ccc(NC(=O)[C@@H](C)OC(=O)[C@H](C)NC(=O)c2ccccc2)cc1F. The first kappa shape index (κ1) is 20.1. The van der Waals surface area contributed by atoms with E-state index in [4.69, 9.17) is 4.74 Å². The summed E-state index contributed by atoms with van der Waals surface area (Å²) in [5.41, 5.74) is 1.12. The van der Waals surface area contributed by atoms with Gasteiger partial charge in [0.1, 0.15) is 11.9 Å². The third kappa shape index (κ3) is 5.64. The second-order valence-electron chi connectivity index (χ2n) is 6.09. The van der Waals surface area contributed by atoms with E-state index in [1.165, 1.54) is 26.0 Å². The van der Waals surface area contributed by atoms with Crippen LogP contribution in [0.25, 0.3) is 0 Å². The summed E-state index contributed by atoms with van der Waals surface area (Å²) < 4.78 is 18.6. The number of rotatable bonds is 6. The Morgan fingerprint density at radius 1 is 1.04 bits per heavy atom. The average molecular weight is 372 g/mol. The number of benzene rings is 2. The van der Waals surface area contributed by atoms with Gasteiger partial charge in [-0.3, -0.25) is 9.59 Å². The first-order chi connectivity index (χ1) is 12.8. The van der Waals surface area contributed by atoms with E-state index in [1.807, 2.05) is 0 Å². The number of hydrogen-bond acceptors (Lipinski definition) is 4. The Kier molecular flexibility index (Phi) is 6.65. The lowest BCUT2D eigenvalue weighted by Crippen LogP contribution is -2.42. The number of ether oxygens (including phenoxy) is 1. The molecule has 0 saturated heterocycles. The number of hydrogen-bond donors (Lipinski definition) is 2. The van der Waals surface area contributed by atoms with Gasteiger partial charge in [0.25, 0.3) is 11.8 Å². The molecule has 2 atom stereocenters. The molecule has 0 aliphatic rings. The Balaban J connectivity index is 1.88. The highest BCUT2D eigenvalue weighted by atomic mass is 19.1. The van der Waals surface area contributed by atoms with Crippen LogP contribution in [-0.4, -0.2) is 29.9 Å². The number of carbonyl (C=O) groups is 3. The lowest BCUT2D eigenvalue weighted by atomic mass is 10.2. The molecule has 0 fully saturated rings. The molecule has 0 heterocycles. The van der Waals surface area contributed by atoms with Crippen molar-refractivity contribution >= 4 is 23.5 Å². The molecule has 7 heteroatoms. The van der Waals surface area contributed by atoms with Gasteiger partial charge in [-0.25, -0.2) is 9.18 Å². The Morgan fingerprint density at radius 3 is 2.33 bits per heavy atom. The van der Waals surface area contributed by atoms with Crippen LogP contribution in [0.5, 0.6) is 0 Å². The zero-order chi connectivity index (χ0) is 20.0. The van der Waals surface area contributed by atoms with Crippen molar-refractivity contribution in [1.29, 1.82) is 0 Å². The Morgan fingerprint density at radius 2 is 1.70 bits per heavy atom. The van der Waals surface area contributed by atoms with Crippen molar-refractivity contribution < 1.29 is 23.5 Å². The summed E-state index contributed by atoms with van der Waals surface area (Å²) in [6.07, 6.45) is -1.11. The monoisotopic (exact) mass is 372 g/mol. The highest BCUT2D eigenvalue weighted by molar-refractivity contribution is 5.98. The van der Waals surface area contributed by atoms with Gasteiger partial charge in [-0.05, 0) is 50.6 Å². The van der Waals surface area contributed by atoms with E-state index in [0.717, 1.165) is 0 Å². The van der Waals surface area contributed by atoms with Crippen LogP contribution in [0.1, 0.15) is 29.8 Å². The first-order valence-corrected chi connectivity index (χ1v) is 8.41. The lowest BCUT2D eigenvalue weighted by Gasteiger charge is -2.17. The van der Waals surface area contributed by atoms with E-state index in [2.05, 4.69) is 10.6 Å². The van der Waals surface area contributed by atoms with E-state index in [-0.39, 0.29) is 5.69 Å². The average Bonchev–Trinajstić information content (AvgIpc) is 2.65. The molecule has 0 unspecified atom stereocenters. The summed E-state index contributed by atoms with van der Waals surface area (Å²) in [5.74, 6) is -2.23. The van der Waals surface area contributed by atoms with Crippen molar-refractivity contribution in [3.05, 3.63) is 65.5 Å². The number of halogens is 1. The standard InChI is InChI=1S/C20H21FN2O4/c1-12-9-10-16(11-17(12)21)23-18(24)14(3)27-20(26)13(2)22-19(25)15-7-5-4-6-8-15/h4-11,13-14H,1-3H3,(H,22,25)(H,23,24)/t13-,14+/m0/s1. The van der Waals surface area contributed by atoms with Crippen molar-refractivity contribution in [2.45, 2.75) is 32.9 Å². The van der Waals surface area contributed by atoms with Gasteiger partial charge in [0.15, 0.2) is 6.10 Å². The molecule has 0 aromatic heterocycles. The van der Waals surface area contributed by atoms with Crippen LogP contribution >= 0.6 is 0 Å². The fraction of sp³-hybridized carbons (Fsp3) is 0.250. The number of amides is 2. The number of carbonyl (C=O) groups excluding carboxylic acids is 3. The Hall–Kier alpha value is -3.22. The molecule has 2 N–H and O–H groups in total. The minimum atomic E-state index is -1.11. The van der Waals surface area contributed by atoms with Crippen LogP contribution in [-0.2, 0) is 14.3 Å². The van der Waals surface area contributed by atoms with Crippen molar-refractivity contribution in [2.75, 3.05) is 5.32 Å². The van der Waals surface area contributed by atoms with Gasteiger partial charge in [-0.2, -0.15) is 0 Å². The van der Waals surface area contributed by atoms with Crippen molar-refractivity contribution in [3.63, 3.8) is 0 Å². The van der Waals surface area contributed by atoms with Crippen LogP contribution in [0.15, 0.2) is 48.5 Å². The molecule has 27 heavy (non-hydrogen) atoms. The molecule has 0 radical (unpaired) electrons. The summed E-state index contributed by atoms with van der Waals surface area (Å²) in [5, 5.41) is 4.99. The predicted molar refractivity (Wildman–Crippen MR) is 98.7 cm³/mol. The van der Waals surface area contributed by atoms with Gasteiger partial charge in [-0.15, -0.1) is 0 Å². The van der Waals surface area contributed by atoms with Gasteiger partial charge >= 0.3 is 5.97 Å². The summed E-state index contributed by atoms with van der Waals surface area (Å²) >= 11 is 0. The van der Waals surface area contributed by atoms with Gasteiger partial charge in [0, 0.05) is 11.3 Å². The van der Waals surface area contributed by atoms with Gasteiger partial charge in [0.05, 0.1) is 0 Å². The normalized spacial score (nSPS) is 12.6. The summed E-state index contributed by atoms with van der Waals surface area (Å²) in [7, 11) is 0. The third-order valence-electron chi connectivity index (χ3n) is 3.84. The van der Waals surface area contributed by atoms with Crippen molar-refractivity contribution in [1.82, 2.24) is 5.32 Å². The van der Waals surface area contributed by atoms with E-state index < -0.39 is 35.7 Å². The predicted octanol–water partition coefficient (Wildman–Crippen LogP) is 2.82. The molecule has 0 spiro atoms. The molecule has 0 saturated carbocycles. The third-order valence-corrected chi connectivity index (χ3v) is 3.84. The maximum atomic E-state index is 13.5. The van der Waals surface area contributed by atoms with E-state index in [9.17, 15) is 18.8 Å². The van der Waals surface area contributed by atoms with Gasteiger partial charge < -0.3 is 15.4 Å². The molecule has 2 aromatic carbocycles. The first-order valence-electron chi connectivity index (χ1n) is 8.41. The highest BCUT2D eigenvalue weighted by Crippen LogP contribution is 2.14. The molecule has 0 bridgehead atoms. The molecule has 142 valence electrons. The number of aryl methyl sites for hydroxylation is 1. The lowest BCUT2D eigenvalue weighted by molar-refractivity contribution is -0.154. The van der Waals surface area contributed by atoms with Gasteiger partial charge in [-0.1, -0.05) is 24.3 Å². The minimum Gasteiger partial charge on any atom is -0.451 e. The van der Waals surface area contributed by atoms with Crippen molar-refractivity contribution in [2.24, 2.45) is 0 Å². The van der Waals surface area contributed by atoms with Crippen LogP contribution in [0, 0.1) is 12.7 Å². The maximum Gasteiger partial charge on any atom is 0.329 e. The summed E-state index contributed by atoms with van der Waals surface area (Å²) in [4.78, 5) is 36.3. The van der Waals surface area contributed by atoms with Gasteiger partial charge in [0.2, 0.25) is 0 Å². The largest absolute Gasteiger partial charge is 0.451 e. The topological polar surface area (TPSA) is 84.5 Å². The molecule has 2 rings (SSSR count). The number of esters is 1. The second-order valence-corrected chi connectivity index (χ2v) is 6.09. The fourth-order valence-electron chi connectivity index (χ4n) is 2.17. The van der Waals surface area contributed by atoms with E-state index >= 15 is 0 Å². The van der Waals surface area contributed by atoms with Crippen LogP contribution < -0.4 is 10.6 Å². The zero-order valence-corrected chi connectivity index (χ0v) is 15.3. The zero-order valence-electron chi connectivity index (χ0n) is 15.3. The molecule has 0 aliphatic carbocycles. The molecular weight excluding hydrogens is 351 g/mol. The smallest absolute Gasteiger partial charge is 0.329 e. The summed E-state index contributed by atoms with van der Waals surface area (Å²) in [6.45, 7) is 4.46. The minimum absolute atomic E-state index is 0.261. The highest BCUT2D eigenvalue weighted by Gasteiger charge is 2.23. The molecule has 2 amide bonds. The molecule has 6 nitrogen and oxygen atoms in total.